The fourth-order valence-electron chi connectivity index (χ4n) is 3.45. The minimum Gasteiger partial charge on any atom is -0.306 e. The number of hydrogen-bond donors (Lipinski definition) is 1. The number of hydrazone groups is 1. The Morgan fingerprint density at radius 2 is 1.46 bits per heavy atom. The van der Waals surface area contributed by atoms with E-state index in [4.69, 9.17) is 0 Å². The van der Waals surface area contributed by atoms with Crippen molar-refractivity contribution in [1.29, 1.82) is 0 Å². The van der Waals surface area contributed by atoms with E-state index in [1.165, 1.54) is 30.3 Å². The molecule has 0 spiro atoms. The van der Waals surface area contributed by atoms with Crippen LogP contribution in [-0.2, 0) is 12.4 Å². The largest absolute Gasteiger partial charge is 0.417 e. The smallest absolute Gasteiger partial charge is 0.306 e. The summed E-state index contributed by atoms with van der Waals surface area (Å²) in [4.78, 5) is 16.6. The first-order chi connectivity index (χ1) is 16.4. The third-order valence-corrected chi connectivity index (χ3v) is 5.22. The quantitative estimate of drug-likeness (QED) is 0.433. The van der Waals surface area contributed by atoms with Gasteiger partial charge < -0.3 is 5.32 Å². The summed E-state index contributed by atoms with van der Waals surface area (Å²) in [6, 6.07) is 10.2. The Kier molecular flexibility index (Phi) is 6.22. The number of amides is 2. The number of carbonyl (C=O) groups excluding carboxylic acids is 1. The highest BCUT2D eigenvalue weighted by Crippen LogP contribution is 2.33. The number of halogens is 7. The van der Waals surface area contributed by atoms with Crippen molar-refractivity contribution in [2.45, 2.75) is 18.3 Å². The van der Waals surface area contributed by atoms with Crippen LogP contribution in [0.1, 0.15) is 28.3 Å². The molecule has 2 heterocycles. The molecule has 3 aromatic rings. The highest BCUT2D eigenvalue weighted by molar-refractivity contribution is 6.07. The van der Waals surface area contributed by atoms with Crippen LogP contribution in [0.5, 0.6) is 0 Å². The van der Waals surface area contributed by atoms with Gasteiger partial charge in [0.25, 0.3) is 0 Å². The van der Waals surface area contributed by atoms with Crippen molar-refractivity contribution >= 4 is 17.4 Å². The number of urea groups is 1. The first-order valence-corrected chi connectivity index (χ1v) is 10.0. The lowest BCUT2D eigenvalue weighted by Gasteiger charge is -2.16. The summed E-state index contributed by atoms with van der Waals surface area (Å²) >= 11 is 0. The number of anilines is 1. The van der Waals surface area contributed by atoms with E-state index in [1.54, 1.807) is 0 Å². The maximum absolute atomic E-state index is 13.4. The van der Waals surface area contributed by atoms with Gasteiger partial charge in [0.15, 0.2) is 0 Å². The number of aromatic nitrogens is 1. The van der Waals surface area contributed by atoms with Gasteiger partial charge in [-0.05, 0) is 54.1 Å². The molecule has 12 heteroatoms. The van der Waals surface area contributed by atoms with Gasteiger partial charge in [0, 0.05) is 11.9 Å². The van der Waals surface area contributed by atoms with Crippen LogP contribution in [0.25, 0.3) is 0 Å². The molecule has 0 fully saturated rings. The van der Waals surface area contributed by atoms with Crippen molar-refractivity contribution in [2.75, 3.05) is 11.9 Å². The Morgan fingerprint density at radius 1 is 0.857 bits per heavy atom. The van der Waals surface area contributed by atoms with E-state index in [9.17, 15) is 35.5 Å². The normalized spacial score (nSPS) is 16.3. The third kappa shape index (κ3) is 5.42. The van der Waals surface area contributed by atoms with Gasteiger partial charge in [0.05, 0.1) is 35.0 Å². The topological polar surface area (TPSA) is 57.6 Å². The predicted octanol–water partition coefficient (Wildman–Crippen LogP) is 6.29. The average molecular weight is 496 g/mol. The maximum Gasteiger partial charge on any atom is 0.417 e. The van der Waals surface area contributed by atoms with Crippen LogP contribution < -0.4 is 5.32 Å². The number of alkyl halides is 6. The molecule has 182 valence electrons. The van der Waals surface area contributed by atoms with Gasteiger partial charge in [0.1, 0.15) is 5.82 Å². The Hall–Kier alpha value is -3.96. The van der Waals surface area contributed by atoms with Crippen molar-refractivity contribution in [3.05, 3.63) is 95.1 Å². The zero-order valence-electron chi connectivity index (χ0n) is 17.5. The molecule has 0 aliphatic carbocycles. The zero-order chi connectivity index (χ0) is 25.4. The lowest BCUT2D eigenvalue weighted by molar-refractivity contribution is -0.138. The van der Waals surface area contributed by atoms with Gasteiger partial charge in [-0.25, -0.2) is 14.2 Å². The molecule has 0 radical (unpaired) electrons. The van der Waals surface area contributed by atoms with Gasteiger partial charge >= 0.3 is 18.4 Å². The fourth-order valence-corrected chi connectivity index (χ4v) is 3.45. The van der Waals surface area contributed by atoms with Gasteiger partial charge in [-0.1, -0.05) is 12.1 Å². The van der Waals surface area contributed by atoms with Crippen LogP contribution in [0.3, 0.4) is 0 Å². The minimum atomic E-state index is -4.58. The molecule has 1 unspecified atom stereocenters. The molecule has 2 aromatic carbocycles. The molecule has 5 nitrogen and oxygen atoms in total. The van der Waals surface area contributed by atoms with Gasteiger partial charge in [-0.15, -0.1) is 0 Å². The first kappa shape index (κ1) is 24.2. The van der Waals surface area contributed by atoms with Gasteiger partial charge in [-0.3, -0.25) is 4.98 Å². The summed E-state index contributed by atoms with van der Waals surface area (Å²) in [6.07, 6.45) is -8.45. The van der Waals surface area contributed by atoms with Crippen molar-refractivity contribution in [2.24, 2.45) is 5.10 Å². The summed E-state index contributed by atoms with van der Waals surface area (Å²) in [5.41, 5.74) is -0.871. The fraction of sp³-hybridized carbons (Fsp3) is 0.174. The number of rotatable bonds is 3. The highest BCUT2D eigenvalue weighted by Gasteiger charge is 2.35. The molecular formula is C23H15F7N4O. The van der Waals surface area contributed by atoms with E-state index < -0.39 is 41.2 Å². The average Bonchev–Trinajstić information content (AvgIpc) is 3.24. The van der Waals surface area contributed by atoms with Crippen molar-refractivity contribution in [3.63, 3.8) is 0 Å². The SMILES string of the molecule is O=C(Nc1ccc(C(F)(F)F)cc1)N1CC(c2ccc(C(F)(F)F)cn2)C(c2ccc(F)cc2)=N1. The predicted molar refractivity (Wildman–Crippen MR) is 112 cm³/mol. The highest BCUT2D eigenvalue weighted by atomic mass is 19.4. The molecular weight excluding hydrogens is 481 g/mol. The number of nitrogens with one attached hydrogen (secondary N) is 1. The molecule has 2 amide bonds. The molecule has 0 bridgehead atoms. The summed E-state index contributed by atoms with van der Waals surface area (Å²) in [5, 5.41) is 7.66. The van der Waals surface area contributed by atoms with Crippen molar-refractivity contribution in [3.8, 4) is 0 Å². The first-order valence-electron chi connectivity index (χ1n) is 10.0. The van der Waals surface area contributed by atoms with Crippen LogP contribution in [-0.4, -0.2) is 28.3 Å². The van der Waals surface area contributed by atoms with Crippen LogP contribution in [0, 0.1) is 5.82 Å². The van der Waals surface area contributed by atoms with Crippen LogP contribution >= 0.6 is 0 Å². The molecule has 1 aliphatic rings. The van der Waals surface area contributed by atoms with Crippen LogP contribution in [0.4, 0.5) is 41.2 Å². The Morgan fingerprint density at radius 3 is 2.00 bits per heavy atom. The summed E-state index contributed by atoms with van der Waals surface area (Å²) in [5.74, 6) is -1.26. The molecule has 1 aliphatic heterocycles. The standard InChI is InChI=1S/C23H15F7N4O/c24-16-6-1-13(2-7-16)20-18(19-10-5-15(11-31-19)23(28,29)30)12-34(33-20)21(35)32-17-8-3-14(4-9-17)22(25,26)27/h1-11,18H,12H2,(H,32,35). The van der Waals surface area contributed by atoms with Gasteiger partial charge in [-0.2, -0.15) is 31.4 Å². The van der Waals surface area contributed by atoms with Crippen LogP contribution in [0.2, 0.25) is 0 Å². The second-order valence-corrected chi connectivity index (χ2v) is 7.60. The molecule has 0 saturated heterocycles. The van der Waals surface area contributed by atoms with E-state index in [0.29, 0.717) is 11.8 Å². The van der Waals surface area contributed by atoms with E-state index in [2.05, 4.69) is 15.4 Å². The van der Waals surface area contributed by atoms with E-state index in [1.807, 2.05) is 0 Å². The Balaban J connectivity index is 1.60. The summed E-state index contributed by atoms with van der Waals surface area (Å²) < 4.78 is 90.4. The zero-order valence-corrected chi connectivity index (χ0v) is 17.5. The van der Waals surface area contributed by atoms with Crippen molar-refractivity contribution in [1.82, 2.24) is 9.99 Å². The maximum atomic E-state index is 13.4. The Labute approximate surface area is 193 Å². The summed E-state index contributed by atoms with van der Waals surface area (Å²) in [6.45, 7) is -0.114. The monoisotopic (exact) mass is 496 g/mol. The number of carbonyl (C=O) groups is 1. The molecule has 35 heavy (non-hydrogen) atoms. The molecule has 1 N–H and O–H groups in total. The van der Waals surface area contributed by atoms with E-state index in [-0.39, 0.29) is 23.6 Å². The third-order valence-electron chi connectivity index (χ3n) is 5.22. The Bertz CT molecular complexity index is 1240. The van der Waals surface area contributed by atoms with E-state index >= 15 is 0 Å². The minimum absolute atomic E-state index is 0.0811. The second kappa shape index (κ2) is 9.01. The number of hydrogen-bond acceptors (Lipinski definition) is 3. The number of benzene rings is 2. The van der Waals surface area contributed by atoms with Crippen LogP contribution in [0.15, 0.2) is 72.0 Å². The number of nitrogens with zero attached hydrogens (tertiary/aromatic N) is 3. The van der Waals surface area contributed by atoms with E-state index in [0.717, 1.165) is 35.3 Å². The number of pyridine rings is 1. The second-order valence-electron chi connectivity index (χ2n) is 7.60. The molecule has 1 aromatic heterocycles. The molecule has 0 saturated carbocycles. The molecule has 1 atom stereocenters. The van der Waals surface area contributed by atoms with Gasteiger partial charge in [0.2, 0.25) is 0 Å². The van der Waals surface area contributed by atoms with Crippen molar-refractivity contribution < 1.29 is 35.5 Å². The molecule has 4 rings (SSSR count). The lowest BCUT2D eigenvalue weighted by Crippen LogP contribution is -2.30. The lowest BCUT2D eigenvalue weighted by atomic mass is 9.94. The summed E-state index contributed by atoms with van der Waals surface area (Å²) in [7, 11) is 0.